The van der Waals surface area contributed by atoms with Crippen molar-refractivity contribution in [3.8, 4) is 5.75 Å². The van der Waals surface area contributed by atoms with Gasteiger partial charge in [0.2, 0.25) is 5.91 Å². The zero-order chi connectivity index (χ0) is 18.0. The van der Waals surface area contributed by atoms with E-state index in [1.165, 1.54) is 0 Å². The van der Waals surface area contributed by atoms with E-state index in [0.29, 0.717) is 22.3 Å². The molecule has 5 nitrogen and oxygen atoms in total. The zero-order valence-corrected chi connectivity index (χ0v) is 15.0. The van der Waals surface area contributed by atoms with Crippen molar-refractivity contribution in [1.82, 2.24) is 0 Å². The number of benzene rings is 2. The van der Waals surface area contributed by atoms with Crippen LogP contribution in [0.15, 0.2) is 42.5 Å². The van der Waals surface area contributed by atoms with Gasteiger partial charge < -0.3 is 10.1 Å². The van der Waals surface area contributed by atoms with Crippen molar-refractivity contribution in [1.29, 1.82) is 0 Å². The molecule has 0 saturated carbocycles. The Morgan fingerprint density at radius 1 is 1.12 bits per heavy atom. The van der Waals surface area contributed by atoms with Crippen molar-refractivity contribution in [2.75, 3.05) is 16.8 Å². The van der Waals surface area contributed by atoms with Crippen molar-refractivity contribution in [2.24, 2.45) is 0 Å². The van der Waals surface area contributed by atoms with E-state index in [9.17, 15) is 9.59 Å². The van der Waals surface area contributed by atoms with Crippen molar-refractivity contribution < 1.29 is 14.3 Å². The van der Waals surface area contributed by atoms with Crippen LogP contribution in [-0.4, -0.2) is 24.5 Å². The Balaban J connectivity index is 1.76. The maximum absolute atomic E-state index is 12.6. The van der Waals surface area contributed by atoms with E-state index in [-0.39, 0.29) is 18.2 Å². The molecule has 2 aromatic rings. The molecule has 1 fully saturated rings. The number of carbonyl (C=O) groups excluding carboxylic acids is 2. The van der Waals surface area contributed by atoms with Crippen molar-refractivity contribution in [3.63, 3.8) is 0 Å². The lowest BCUT2D eigenvalue weighted by atomic mass is 10.2. The first-order valence-electron chi connectivity index (χ1n) is 7.80. The first-order chi connectivity index (χ1) is 12.0. The third-order valence-electron chi connectivity index (χ3n) is 3.76. The molecule has 130 valence electrons. The molecule has 0 spiro atoms. The number of anilines is 2. The summed E-state index contributed by atoms with van der Waals surface area (Å²) in [6.45, 7) is 2.49. The van der Waals surface area contributed by atoms with Crippen LogP contribution in [0.2, 0.25) is 10.0 Å². The molecule has 1 heterocycles. The number of rotatable bonds is 5. The molecular weight excluding hydrogens is 363 g/mol. The molecule has 1 atom stereocenters. The van der Waals surface area contributed by atoms with Gasteiger partial charge in [-0.1, -0.05) is 23.2 Å². The molecule has 1 saturated heterocycles. The lowest BCUT2D eigenvalue weighted by molar-refractivity contribution is -0.121. The second kappa shape index (κ2) is 7.33. The van der Waals surface area contributed by atoms with Gasteiger partial charge in [0.15, 0.2) is 0 Å². The minimum absolute atomic E-state index is 0.0657. The summed E-state index contributed by atoms with van der Waals surface area (Å²) in [6.07, 6.45) is 0.0657. The molecule has 1 aliphatic rings. The Bertz CT molecular complexity index is 788. The maximum Gasteiger partial charge on any atom is 0.256 e. The van der Waals surface area contributed by atoms with Crippen molar-refractivity contribution in [2.45, 2.75) is 19.4 Å². The fourth-order valence-corrected chi connectivity index (χ4v) is 3.21. The summed E-state index contributed by atoms with van der Waals surface area (Å²) in [6, 6.07) is 11.2. The number of nitrogens with zero attached hydrogens (tertiary/aromatic N) is 1. The molecule has 0 aliphatic carbocycles. The van der Waals surface area contributed by atoms with Crippen LogP contribution in [0.1, 0.15) is 13.3 Å². The highest BCUT2D eigenvalue weighted by Crippen LogP contribution is 2.30. The average molecular weight is 379 g/mol. The zero-order valence-electron chi connectivity index (χ0n) is 13.5. The van der Waals surface area contributed by atoms with Gasteiger partial charge in [0.05, 0.1) is 18.7 Å². The van der Waals surface area contributed by atoms with Crippen LogP contribution >= 0.6 is 23.2 Å². The second-order valence-electron chi connectivity index (χ2n) is 5.55. The minimum atomic E-state index is -0.636. The van der Waals surface area contributed by atoms with Gasteiger partial charge in [-0.15, -0.1) is 0 Å². The predicted octanol–water partition coefficient (Wildman–Crippen LogP) is 4.14. The maximum atomic E-state index is 12.6. The smallest absolute Gasteiger partial charge is 0.256 e. The number of amides is 2. The molecule has 3 rings (SSSR count). The van der Waals surface area contributed by atoms with E-state index in [2.05, 4.69) is 5.32 Å². The van der Waals surface area contributed by atoms with Gasteiger partial charge in [-0.05, 0) is 49.4 Å². The third kappa shape index (κ3) is 3.89. The van der Waals surface area contributed by atoms with Crippen LogP contribution in [-0.2, 0) is 9.59 Å². The molecule has 1 aliphatic heterocycles. The van der Waals surface area contributed by atoms with Crippen LogP contribution in [0.3, 0.4) is 0 Å². The first-order valence-corrected chi connectivity index (χ1v) is 8.56. The lowest BCUT2D eigenvalue weighted by Gasteiger charge is -2.17. The molecule has 7 heteroatoms. The Labute approximate surface area is 155 Å². The summed E-state index contributed by atoms with van der Waals surface area (Å²) in [5.41, 5.74) is 1.11. The highest BCUT2D eigenvalue weighted by Gasteiger charge is 2.39. The standard InChI is InChI=1S/C18H16Cl2N2O3/c1-2-25-15-5-3-13(4-6-15)21-16-10-17(23)22(18(16)24)14-8-11(19)7-12(20)9-14/h3-9,16,21H,2,10H2,1H3/t16-/m1/s1. The van der Waals surface area contributed by atoms with E-state index in [4.69, 9.17) is 27.9 Å². The monoisotopic (exact) mass is 378 g/mol. The van der Waals surface area contributed by atoms with Crippen LogP contribution in [0, 0.1) is 0 Å². The van der Waals surface area contributed by atoms with Crippen molar-refractivity contribution >= 4 is 46.4 Å². The Kier molecular flexibility index (Phi) is 5.16. The quantitative estimate of drug-likeness (QED) is 0.794. The van der Waals surface area contributed by atoms with Gasteiger partial charge in [-0.25, -0.2) is 4.90 Å². The second-order valence-corrected chi connectivity index (χ2v) is 6.43. The Morgan fingerprint density at radius 3 is 2.36 bits per heavy atom. The molecule has 0 aromatic heterocycles. The summed E-state index contributed by atoms with van der Waals surface area (Å²) in [4.78, 5) is 26.1. The highest BCUT2D eigenvalue weighted by atomic mass is 35.5. The fourth-order valence-electron chi connectivity index (χ4n) is 2.70. The van der Waals surface area contributed by atoms with Gasteiger partial charge in [0.1, 0.15) is 11.8 Å². The molecule has 1 N–H and O–H groups in total. The molecule has 0 bridgehead atoms. The number of ether oxygens (including phenoxy) is 1. The summed E-state index contributed by atoms with van der Waals surface area (Å²) in [5.74, 6) is 0.112. The van der Waals surface area contributed by atoms with Crippen LogP contribution in [0.25, 0.3) is 0 Å². The van der Waals surface area contributed by atoms with E-state index in [1.54, 1.807) is 18.2 Å². The predicted molar refractivity (Wildman–Crippen MR) is 98.6 cm³/mol. The normalized spacial score (nSPS) is 17.1. The van der Waals surface area contributed by atoms with Gasteiger partial charge in [-0.3, -0.25) is 9.59 Å². The van der Waals surface area contributed by atoms with Gasteiger partial charge in [0.25, 0.3) is 5.91 Å². The third-order valence-corrected chi connectivity index (χ3v) is 4.19. The van der Waals surface area contributed by atoms with E-state index in [1.807, 2.05) is 31.2 Å². The van der Waals surface area contributed by atoms with Gasteiger partial charge in [0, 0.05) is 15.7 Å². The number of nitrogens with one attached hydrogen (secondary N) is 1. The Hall–Kier alpha value is -2.24. The highest BCUT2D eigenvalue weighted by molar-refractivity contribution is 6.35. The van der Waals surface area contributed by atoms with Crippen LogP contribution in [0.4, 0.5) is 11.4 Å². The van der Waals surface area contributed by atoms with Crippen LogP contribution < -0.4 is 15.0 Å². The molecule has 0 unspecified atom stereocenters. The molecular formula is C18H16Cl2N2O3. The molecule has 2 amide bonds. The summed E-state index contributed by atoms with van der Waals surface area (Å²) in [7, 11) is 0. The molecule has 2 aromatic carbocycles. The number of halogens is 2. The van der Waals surface area contributed by atoms with E-state index < -0.39 is 6.04 Å². The summed E-state index contributed by atoms with van der Waals surface area (Å²) < 4.78 is 5.38. The number of hydrogen-bond donors (Lipinski definition) is 1. The number of carbonyl (C=O) groups is 2. The topological polar surface area (TPSA) is 58.6 Å². The Morgan fingerprint density at radius 2 is 1.76 bits per heavy atom. The first kappa shape index (κ1) is 17.6. The van der Waals surface area contributed by atoms with E-state index >= 15 is 0 Å². The van der Waals surface area contributed by atoms with Crippen molar-refractivity contribution in [3.05, 3.63) is 52.5 Å². The lowest BCUT2D eigenvalue weighted by Crippen LogP contribution is -2.34. The fraction of sp³-hybridized carbons (Fsp3) is 0.222. The number of imide groups is 1. The SMILES string of the molecule is CCOc1ccc(N[C@@H]2CC(=O)N(c3cc(Cl)cc(Cl)c3)C2=O)cc1. The van der Waals surface area contributed by atoms with Gasteiger partial charge in [-0.2, -0.15) is 0 Å². The molecule has 25 heavy (non-hydrogen) atoms. The molecule has 0 radical (unpaired) electrons. The average Bonchev–Trinajstić information content (AvgIpc) is 2.82. The van der Waals surface area contributed by atoms with E-state index in [0.717, 1.165) is 16.3 Å². The van der Waals surface area contributed by atoms with Gasteiger partial charge >= 0.3 is 0 Å². The summed E-state index contributed by atoms with van der Waals surface area (Å²) >= 11 is 11.9. The van der Waals surface area contributed by atoms with Crippen LogP contribution in [0.5, 0.6) is 5.75 Å². The minimum Gasteiger partial charge on any atom is -0.494 e. The summed E-state index contributed by atoms with van der Waals surface area (Å²) in [5, 5.41) is 3.82. The number of hydrogen-bond acceptors (Lipinski definition) is 4. The largest absolute Gasteiger partial charge is 0.494 e.